The molecule has 0 aliphatic heterocycles. The van der Waals surface area contributed by atoms with Gasteiger partial charge in [-0.2, -0.15) is 0 Å². The predicted octanol–water partition coefficient (Wildman–Crippen LogP) is 2.30. The molecule has 0 spiro atoms. The molecule has 0 aliphatic carbocycles. The number of hydrogen-bond acceptors (Lipinski definition) is 2. The first-order valence-electron chi connectivity index (χ1n) is 6.32. The summed E-state index contributed by atoms with van der Waals surface area (Å²) < 4.78 is 0. The molecule has 1 amide bonds. The van der Waals surface area contributed by atoms with Gasteiger partial charge in [-0.3, -0.25) is 4.79 Å². The van der Waals surface area contributed by atoms with Gasteiger partial charge in [-0.15, -0.1) is 0 Å². The maximum absolute atomic E-state index is 11.6. The van der Waals surface area contributed by atoms with Gasteiger partial charge < -0.3 is 11.1 Å². The summed E-state index contributed by atoms with van der Waals surface area (Å²) >= 11 is 0. The van der Waals surface area contributed by atoms with Crippen molar-refractivity contribution in [3.63, 3.8) is 0 Å². The molecule has 0 aromatic rings. The minimum Gasteiger partial charge on any atom is -0.354 e. The van der Waals surface area contributed by atoms with E-state index >= 15 is 0 Å². The Hall–Kier alpha value is -0.570. The molecule has 0 aromatic carbocycles. The minimum absolute atomic E-state index is 0.00968. The van der Waals surface area contributed by atoms with Crippen LogP contribution in [0.25, 0.3) is 0 Å². The summed E-state index contributed by atoms with van der Waals surface area (Å²) in [5.41, 5.74) is 6.01. The molecule has 0 aliphatic rings. The second-order valence-corrected chi connectivity index (χ2v) is 5.76. The second kappa shape index (κ2) is 6.89. The van der Waals surface area contributed by atoms with Gasteiger partial charge >= 0.3 is 0 Å². The predicted molar refractivity (Wildman–Crippen MR) is 69.1 cm³/mol. The van der Waals surface area contributed by atoms with Crippen LogP contribution < -0.4 is 11.1 Å². The zero-order valence-corrected chi connectivity index (χ0v) is 11.5. The fourth-order valence-corrected chi connectivity index (χ4v) is 1.25. The standard InChI is InChI=1S/C13H28N2O/c1-6-7-8-11(14)12(16)15-9-10(2)13(3,4)5/h10-11H,6-9,14H2,1-5H3,(H,15,16). The third-order valence-electron chi connectivity index (χ3n) is 3.27. The van der Waals surface area contributed by atoms with Crippen LogP contribution in [0.5, 0.6) is 0 Å². The number of carbonyl (C=O) groups excluding carboxylic acids is 1. The van der Waals surface area contributed by atoms with E-state index in [-0.39, 0.29) is 17.4 Å². The summed E-state index contributed by atoms with van der Waals surface area (Å²) in [4.78, 5) is 11.6. The summed E-state index contributed by atoms with van der Waals surface area (Å²) in [5, 5.41) is 2.93. The molecule has 0 bridgehead atoms. The topological polar surface area (TPSA) is 55.1 Å². The average Bonchev–Trinajstić information content (AvgIpc) is 2.20. The molecule has 3 nitrogen and oxygen atoms in total. The lowest BCUT2D eigenvalue weighted by atomic mass is 9.82. The third kappa shape index (κ3) is 6.11. The lowest BCUT2D eigenvalue weighted by molar-refractivity contribution is -0.122. The van der Waals surface area contributed by atoms with E-state index in [9.17, 15) is 4.79 Å². The van der Waals surface area contributed by atoms with Gasteiger partial charge in [0.1, 0.15) is 0 Å². The van der Waals surface area contributed by atoms with Crippen LogP contribution in [0.4, 0.5) is 0 Å². The maximum atomic E-state index is 11.6. The highest BCUT2D eigenvalue weighted by Gasteiger charge is 2.21. The van der Waals surface area contributed by atoms with Gasteiger partial charge in [-0.1, -0.05) is 47.5 Å². The smallest absolute Gasteiger partial charge is 0.236 e. The van der Waals surface area contributed by atoms with Crippen LogP contribution >= 0.6 is 0 Å². The Balaban J connectivity index is 3.89. The van der Waals surface area contributed by atoms with Gasteiger partial charge in [-0.25, -0.2) is 0 Å². The average molecular weight is 228 g/mol. The maximum Gasteiger partial charge on any atom is 0.236 e. The van der Waals surface area contributed by atoms with Crippen LogP contribution in [-0.4, -0.2) is 18.5 Å². The van der Waals surface area contributed by atoms with Crippen molar-refractivity contribution in [2.24, 2.45) is 17.1 Å². The van der Waals surface area contributed by atoms with E-state index in [1.54, 1.807) is 0 Å². The first-order valence-corrected chi connectivity index (χ1v) is 6.32. The van der Waals surface area contributed by atoms with Gasteiger partial charge in [0.15, 0.2) is 0 Å². The molecule has 0 saturated heterocycles. The Morgan fingerprint density at radius 1 is 1.38 bits per heavy atom. The first kappa shape index (κ1) is 15.4. The van der Waals surface area contributed by atoms with Crippen molar-refractivity contribution in [1.82, 2.24) is 5.32 Å². The summed E-state index contributed by atoms with van der Waals surface area (Å²) in [6.07, 6.45) is 2.88. The number of nitrogens with one attached hydrogen (secondary N) is 1. The quantitative estimate of drug-likeness (QED) is 0.733. The van der Waals surface area contributed by atoms with Gasteiger partial charge in [0.05, 0.1) is 6.04 Å². The molecule has 0 rings (SSSR count). The number of unbranched alkanes of at least 4 members (excludes halogenated alkanes) is 1. The van der Waals surface area contributed by atoms with E-state index in [4.69, 9.17) is 5.73 Å². The molecular formula is C13H28N2O. The van der Waals surface area contributed by atoms with Crippen LogP contribution in [0.3, 0.4) is 0 Å². The van der Waals surface area contributed by atoms with Crippen LogP contribution in [0.2, 0.25) is 0 Å². The Morgan fingerprint density at radius 3 is 2.38 bits per heavy atom. The molecule has 0 aromatic heterocycles. The molecule has 0 radical (unpaired) electrons. The lowest BCUT2D eigenvalue weighted by Gasteiger charge is -2.27. The summed E-state index contributed by atoms with van der Waals surface area (Å²) in [5.74, 6) is 0.444. The number of rotatable bonds is 6. The number of carbonyl (C=O) groups is 1. The number of amides is 1. The van der Waals surface area contributed by atoms with E-state index < -0.39 is 0 Å². The SMILES string of the molecule is CCCCC(N)C(=O)NCC(C)C(C)(C)C. The van der Waals surface area contributed by atoms with Crippen molar-refractivity contribution in [3.05, 3.63) is 0 Å². The lowest BCUT2D eigenvalue weighted by Crippen LogP contribution is -2.43. The molecule has 0 fully saturated rings. The number of nitrogens with two attached hydrogens (primary N) is 1. The molecule has 96 valence electrons. The van der Waals surface area contributed by atoms with E-state index in [1.165, 1.54) is 0 Å². The van der Waals surface area contributed by atoms with Crippen molar-refractivity contribution in [3.8, 4) is 0 Å². The van der Waals surface area contributed by atoms with Crippen molar-refractivity contribution >= 4 is 5.91 Å². The molecule has 3 N–H and O–H groups in total. The molecule has 3 heteroatoms. The van der Waals surface area contributed by atoms with Crippen molar-refractivity contribution in [2.45, 2.75) is 59.9 Å². The van der Waals surface area contributed by atoms with Crippen LogP contribution in [-0.2, 0) is 4.79 Å². The fourth-order valence-electron chi connectivity index (χ4n) is 1.25. The molecular weight excluding hydrogens is 200 g/mol. The second-order valence-electron chi connectivity index (χ2n) is 5.76. The molecule has 16 heavy (non-hydrogen) atoms. The van der Waals surface area contributed by atoms with E-state index in [0.717, 1.165) is 19.3 Å². The van der Waals surface area contributed by atoms with Crippen LogP contribution in [0.15, 0.2) is 0 Å². The van der Waals surface area contributed by atoms with E-state index in [0.29, 0.717) is 12.5 Å². The van der Waals surface area contributed by atoms with Crippen molar-refractivity contribution < 1.29 is 4.79 Å². The van der Waals surface area contributed by atoms with Gasteiger partial charge in [0.2, 0.25) is 5.91 Å². The van der Waals surface area contributed by atoms with Crippen LogP contribution in [0.1, 0.15) is 53.9 Å². The minimum atomic E-state index is -0.341. The normalized spacial score (nSPS) is 15.6. The molecule has 2 unspecified atom stereocenters. The Bertz CT molecular complexity index is 208. The van der Waals surface area contributed by atoms with E-state index in [1.807, 2.05) is 0 Å². The Kier molecular flexibility index (Phi) is 6.65. The number of hydrogen-bond donors (Lipinski definition) is 2. The summed E-state index contributed by atoms with van der Waals surface area (Å²) in [6, 6.07) is -0.341. The van der Waals surface area contributed by atoms with Crippen molar-refractivity contribution in [2.75, 3.05) is 6.54 Å². The monoisotopic (exact) mass is 228 g/mol. The highest BCUT2D eigenvalue weighted by molar-refractivity contribution is 5.81. The summed E-state index contributed by atoms with van der Waals surface area (Å²) in [7, 11) is 0. The third-order valence-corrected chi connectivity index (χ3v) is 3.27. The Morgan fingerprint density at radius 2 is 1.94 bits per heavy atom. The highest BCUT2D eigenvalue weighted by atomic mass is 16.2. The fraction of sp³-hybridized carbons (Fsp3) is 0.923. The Labute approximate surface area is 100 Å². The van der Waals surface area contributed by atoms with Gasteiger partial charge in [-0.05, 0) is 17.8 Å². The zero-order valence-electron chi connectivity index (χ0n) is 11.5. The zero-order chi connectivity index (χ0) is 12.8. The van der Waals surface area contributed by atoms with E-state index in [2.05, 4.69) is 39.9 Å². The molecule has 0 heterocycles. The van der Waals surface area contributed by atoms with Crippen LogP contribution in [0, 0.1) is 11.3 Å². The highest BCUT2D eigenvalue weighted by Crippen LogP contribution is 2.24. The molecule has 0 saturated carbocycles. The van der Waals surface area contributed by atoms with Gasteiger partial charge in [0, 0.05) is 6.54 Å². The van der Waals surface area contributed by atoms with Crippen molar-refractivity contribution in [1.29, 1.82) is 0 Å². The van der Waals surface area contributed by atoms with Gasteiger partial charge in [0.25, 0.3) is 0 Å². The summed E-state index contributed by atoms with van der Waals surface area (Å²) in [6.45, 7) is 11.5. The first-order chi connectivity index (χ1) is 7.29. The molecule has 2 atom stereocenters. The largest absolute Gasteiger partial charge is 0.354 e.